The quantitative estimate of drug-likeness (QED) is 0.736. The fraction of sp³-hybridized carbons (Fsp3) is 0.579. The number of benzene rings is 1. The smallest absolute Gasteiger partial charge is 0.410 e. The van der Waals surface area contributed by atoms with Gasteiger partial charge in [-0.25, -0.2) is 4.79 Å². The van der Waals surface area contributed by atoms with Gasteiger partial charge in [-0.3, -0.25) is 4.79 Å². The van der Waals surface area contributed by atoms with E-state index in [0.717, 1.165) is 24.2 Å². The van der Waals surface area contributed by atoms with E-state index in [0.29, 0.717) is 30.9 Å². The molecule has 0 aliphatic carbocycles. The second-order valence-electron chi connectivity index (χ2n) is 6.66. The molecule has 7 heteroatoms. The summed E-state index contributed by atoms with van der Waals surface area (Å²) in [6.45, 7) is 3.96. The number of nitrogens with zero attached hydrogens (tertiary/aromatic N) is 2. The molecule has 2 fully saturated rings. The van der Waals surface area contributed by atoms with Crippen molar-refractivity contribution in [2.75, 3.05) is 33.0 Å². The van der Waals surface area contributed by atoms with Crippen molar-refractivity contribution < 1.29 is 19.1 Å². The molecular weight excluding hydrogens is 352 g/mol. The van der Waals surface area contributed by atoms with E-state index in [-0.39, 0.29) is 24.1 Å². The van der Waals surface area contributed by atoms with Crippen LogP contribution in [0.2, 0.25) is 0 Å². The fourth-order valence-electron chi connectivity index (χ4n) is 3.58. The highest BCUT2D eigenvalue weighted by molar-refractivity contribution is 7.98. The van der Waals surface area contributed by atoms with Crippen LogP contribution in [-0.2, 0) is 4.74 Å². The molecule has 0 N–H and O–H groups in total. The Labute approximate surface area is 158 Å². The molecule has 6 nitrogen and oxygen atoms in total. The number of piperidine rings is 1. The summed E-state index contributed by atoms with van der Waals surface area (Å²) < 4.78 is 10.8. The molecule has 2 heterocycles. The molecule has 1 atom stereocenters. The van der Waals surface area contributed by atoms with Crippen LogP contribution in [0.1, 0.15) is 36.5 Å². The summed E-state index contributed by atoms with van der Waals surface area (Å²) in [6, 6.07) is 5.83. The van der Waals surface area contributed by atoms with Gasteiger partial charge >= 0.3 is 6.09 Å². The molecular formula is C19H26N2O4S. The minimum atomic E-state index is -0.212. The van der Waals surface area contributed by atoms with Crippen molar-refractivity contribution in [3.63, 3.8) is 0 Å². The molecule has 0 bridgehead atoms. The Kier molecular flexibility index (Phi) is 5.96. The van der Waals surface area contributed by atoms with Gasteiger partial charge < -0.3 is 19.3 Å². The summed E-state index contributed by atoms with van der Waals surface area (Å²) in [7, 11) is 1.59. The van der Waals surface area contributed by atoms with Gasteiger partial charge in [0.2, 0.25) is 0 Å². The van der Waals surface area contributed by atoms with Crippen LogP contribution in [0.3, 0.4) is 0 Å². The van der Waals surface area contributed by atoms with Crippen LogP contribution in [0.15, 0.2) is 23.1 Å². The van der Waals surface area contributed by atoms with Crippen LogP contribution in [0.4, 0.5) is 4.79 Å². The van der Waals surface area contributed by atoms with Gasteiger partial charge in [0.25, 0.3) is 5.91 Å². The zero-order valence-electron chi connectivity index (χ0n) is 15.6. The molecule has 1 aromatic carbocycles. The maximum absolute atomic E-state index is 12.9. The van der Waals surface area contributed by atoms with Crippen LogP contribution in [0, 0.1) is 0 Å². The second-order valence-corrected chi connectivity index (χ2v) is 7.54. The van der Waals surface area contributed by atoms with E-state index in [2.05, 4.69) is 0 Å². The van der Waals surface area contributed by atoms with Crippen molar-refractivity contribution in [1.29, 1.82) is 0 Å². The van der Waals surface area contributed by atoms with Crippen molar-refractivity contribution in [2.45, 2.75) is 43.2 Å². The van der Waals surface area contributed by atoms with Crippen molar-refractivity contribution in [1.82, 2.24) is 9.80 Å². The lowest BCUT2D eigenvalue weighted by Gasteiger charge is -2.35. The number of ether oxygens (including phenoxy) is 2. The molecule has 2 saturated heterocycles. The molecule has 3 rings (SSSR count). The van der Waals surface area contributed by atoms with Crippen molar-refractivity contribution in [2.24, 2.45) is 0 Å². The summed E-state index contributed by atoms with van der Waals surface area (Å²) >= 11 is 1.62. The summed E-state index contributed by atoms with van der Waals surface area (Å²) in [5.74, 6) is 0.598. The first-order chi connectivity index (χ1) is 12.6. The Morgan fingerprint density at radius 3 is 2.65 bits per heavy atom. The second kappa shape index (κ2) is 8.20. The first-order valence-corrected chi connectivity index (χ1v) is 10.3. The number of amides is 2. The molecule has 2 amide bonds. The maximum atomic E-state index is 12.9. The summed E-state index contributed by atoms with van der Waals surface area (Å²) in [5.41, 5.74) is 0.593. The molecule has 26 heavy (non-hydrogen) atoms. The third kappa shape index (κ3) is 3.77. The van der Waals surface area contributed by atoms with E-state index in [9.17, 15) is 9.59 Å². The Bertz CT molecular complexity index is 674. The highest BCUT2D eigenvalue weighted by atomic mass is 32.2. The molecule has 0 aromatic heterocycles. The molecule has 0 spiro atoms. The average Bonchev–Trinajstić information content (AvgIpc) is 3.07. The number of carbonyl (C=O) groups is 2. The van der Waals surface area contributed by atoms with Crippen molar-refractivity contribution in [3.8, 4) is 5.75 Å². The Hall–Kier alpha value is -1.89. The molecule has 0 radical (unpaired) electrons. The highest BCUT2D eigenvalue weighted by Gasteiger charge is 2.37. The lowest BCUT2D eigenvalue weighted by atomic mass is 10.0. The monoisotopic (exact) mass is 378 g/mol. The van der Waals surface area contributed by atoms with E-state index in [4.69, 9.17) is 9.47 Å². The zero-order valence-corrected chi connectivity index (χ0v) is 16.4. The molecule has 1 aromatic rings. The molecule has 0 saturated carbocycles. The SMILES string of the molecule is CCC1CN(C2CCN(C(=O)c3ccc(SC)cc3OC)CC2)C(=O)O1. The normalized spacial score (nSPS) is 21.0. The maximum Gasteiger partial charge on any atom is 0.410 e. The standard InChI is InChI=1S/C19H26N2O4S/c1-4-14-12-21(19(23)25-14)13-7-9-20(10-8-13)18(22)16-6-5-15(26-3)11-17(16)24-2/h5-6,11,13-14H,4,7-10,12H2,1-3H3. The Morgan fingerprint density at radius 2 is 2.08 bits per heavy atom. The van der Waals surface area contributed by atoms with Crippen LogP contribution in [0.25, 0.3) is 0 Å². The largest absolute Gasteiger partial charge is 0.496 e. The van der Waals surface area contributed by atoms with E-state index < -0.39 is 0 Å². The predicted molar refractivity (Wildman–Crippen MR) is 101 cm³/mol. The molecule has 2 aliphatic heterocycles. The number of cyclic esters (lactones) is 1. The van der Waals surface area contributed by atoms with Gasteiger partial charge in [-0.15, -0.1) is 11.8 Å². The first kappa shape index (κ1) is 18.9. The molecule has 2 aliphatic rings. The fourth-order valence-corrected chi connectivity index (χ4v) is 4.01. The number of likely N-dealkylation sites (tertiary alicyclic amines) is 1. The van der Waals surface area contributed by atoms with Gasteiger partial charge in [-0.2, -0.15) is 0 Å². The average molecular weight is 378 g/mol. The van der Waals surface area contributed by atoms with E-state index in [1.165, 1.54) is 0 Å². The topological polar surface area (TPSA) is 59.1 Å². The minimum absolute atomic E-state index is 0.00127. The van der Waals surface area contributed by atoms with Crippen molar-refractivity contribution in [3.05, 3.63) is 23.8 Å². The third-order valence-corrected chi connectivity index (χ3v) is 5.91. The van der Waals surface area contributed by atoms with E-state index in [1.807, 2.05) is 41.2 Å². The van der Waals surface area contributed by atoms with Gasteiger partial charge in [0, 0.05) is 24.0 Å². The van der Waals surface area contributed by atoms with Crippen LogP contribution in [0.5, 0.6) is 5.75 Å². The van der Waals surface area contributed by atoms with Crippen LogP contribution in [-0.4, -0.2) is 66.9 Å². The number of rotatable bonds is 5. The zero-order chi connectivity index (χ0) is 18.7. The van der Waals surface area contributed by atoms with Gasteiger partial charge in [0.1, 0.15) is 11.9 Å². The van der Waals surface area contributed by atoms with Gasteiger partial charge in [0.15, 0.2) is 0 Å². The molecule has 1 unspecified atom stereocenters. The predicted octanol–water partition coefficient (Wildman–Crippen LogP) is 3.25. The number of methoxy groups -OCH3 is 1. The van der Waals surface area contributed by atoms with Gasteiger partial charge in [0.05, 0.1) is 19.2 Å². The summed E-state index contributed by atoms with van der Waals surface area (Å²) in [5, 5.41) is 0. The minimum Gasteiger partial charge on any atom is -0.496 e. The number of thioether (sulfide) groups is 1. The number of carbonyl (C=O) groups excluding carboxylic acids is 2. The van der Waals surface area contributed by atoms with Crippen molar-refractivity contribution >= 4 is 23.8 Å². The molecule has 142 valence electrons. The Balaban J connectivity index is 1.63. The summed E-state index contributed by atoms with van der Waals surface area (Å²) in [6.07, 6.45) is 4.18. The lowest BCUT2D eigenvalue weighted by Crippen LogP contribution is -2.47. The van der Waals surface area contributed by atoms with E-state index >= 15 is 0 Å². The first-order valence-electron chi connectivity index (χ1n) is 9.06. The van der Waals surface area contributed by atoms with Gasteiger partial charge in [-0.1, -0.05) is 6.92 Å². The third-order valence-electron chi connectivity index (χ3n) is 5.19. The highest BCUT2D eigenvalue weighted by Crippen LogP contribution is 2.28. The van der Waals surface area contributed by atoms with Crippen LogP contribution >= 0.6 is 11.8 Å². The number of hydrogen-bond donors (Lipinski definition) is 0. The Morgan fingerprint density at radius 1 is 1.35 bits per heavy atom. The van der Waals surface area contributed by atoms with E-state index in [1.54, 1.807) is 18.9 Å². The summed E-state index contributed by atoms with van der Waals surface area (Å²) in [4.78, 5) is 29.7. The lowest BCUT2D eigenvalue weighted by molar-refractivity contribution is 0.0655. The van der Waals surface area contributed by atoms with Crippen LogP contribution < -0.4 is 4.74 Å². The number of hydrogen-bond acceptors (Lipinski definition) is 5. The van der Waals surface area contributed by atoms with Gasteiger partial charge in [-0.05, 0) is 43.7 Å².